The standard InChI is InChI=1S/C24H23ClF4N2O4/c1-34-23(24(27,28)29,16-3-2-4-17(25)13-16)20(32)31-11-9-22(10-12-31)19(14-30-21(33)35-22)15-5-7-18(26)8-6-15/h2-8,13,19H,9-12,14H2,1H3,(H,30,33)/t19-,23-/m1/s1. The molecule has 0 aliphatic carbocycles. The van der Waals surface area contributed by atoms with Crippen LogP contribution in [0.1, 0.15) is 29.9 Å². The third kappa shape index (κ3) is 4.45. The molecule has 0 aromatic heterocycles. The molecular weight excluding hydrogens is 492 g/mol. The van der Waals surface area contributed by atoms with Crippen molar-refractivity contribution in [3.8, 4) is 0 Å². The highest BCUT2D eigenvalue weighted by atomic mass is 35.5. The van der Waals surface area contributed by atoms with Crippen LogP contribution in [0.4, 0.5) is 22.4 Å². The maximum atomic E-state index is 14.4. The van der Waals surface area contributed by atoms with Crippen LogP contribution in [0.15, 0.2) is 48.5 Å². The Morgan fingerprint density at radius 1 is 1.17 bits per heavy atom. The van der Waals surface area contributed by atoms with E-state index >= 15 is 0 Å². The Morgan fingerprint density at radius 3 is 2.40 bits per heavy atom. The van der Waals surface area contributed by atoms with Crippen molar-refractivity contribution in [2.24, 2.45) is 0 Å². The number of rotatable bonds is 4. The van der Waals surface area contributed by atoms with E-state index < -0.39 is 40.8 Å². The molecule has 2 aliphatic heterocycles. The normalized spacial score (nSPS) is 21.7. The number of amides is 2. The predicted octanol–water partition coefficient (Wildman–Crippen LogP) is 4.77. The van der Waals surface area contributed by atoms with Crippen LogP contribution in [0.5, 0.6) is 0 Å². The van der Waals surface area contributed by atoms with Crippen molar-refractivity contribution in [1.29, 1.82) is 0 Å². The third-order valence-electron chi connectivity index (χ3n) is 6.79. The zero-order chi connectivity index (χ0) is 25.4. The first-order chi connectivity index (χ1) is 16.5. The second kappa shape index (κ2) is 9.31. The number of carbonyl (C=O) groups is 2. The molecule has 2 atom stereocenters. The first kappa shape index (κ1) is 25.2. The Bertz CT molecular complexity index is 1100. The van der Waals surface area contributed by atoms with Gasteiger partial charge < -0.3 is 19.7 Å². The number of carbonyl (C=O) groups excluding carboxylic acids is 2. The summed E-state index contributed by atoms with van der Waals surface area (Å²) >= 11 is 5.92. The van der Waals surface area contributed by atoms with Crippen LogP contribution < -0.4 is 5.32 Å². The average Bonchev–Trinajstić information content (AvgIpc) is 2.80. The zero-order valence-electron chi connectivity index (χ0n) is 18.7. The predicted molar refractivity (Wildman–Crippen MR) is 118 cm³/mol. The average molecular weight is 515 g/mol. The summed E-state index contributed by atoms with van der Waals surface area (Å²) in [6.45, 7) is 0.00259. The fourth-order valence-corrected chi connectivity index (χ4v) is 5.17. The van der Waals surface area contributed by atoms with Crippen molar-refractivity contribution >= 4 is 23.6 Å². The van der Waals surface area contributed by atoms with Crippen LogP contribution in [-0.2, 0) is 19.9 Å². The van der Waals surface area contributed by atoms with Crippen molar-refractivity contribution in [2.45, 2.75) is 36.1 Å². The number of hydrogen-bond acceptors (Lipinski definition) is 4. The van der Waals surface area contributed by atoms with Gasteiger partial charge in [0.25, 0.3) is 11.5 Å². The van der Waals surface area contributed by atoms with Gasteiger partial charge in [-0.25, -0.2) is 9.18 Å². The molecule has 2 heterocycles. The fourth-order valence-electron chi connectivity index (χ4n) is 4.98. The highest BCUT2D eigenvalue weighted by Crippen LogP contribution is 2.46. The van der Waals surface area contributed by atoms with Gasteiger partial charge in [-0.3, -0.25) is 4.79 Å². The van der Waals surface area contributed by atoms with E-state index in [9.17, 15) is 27.2 Å². The van der Waals surface area contributed by atoms with Gasteiger partial charge in [-0.15, -0.1) is 0 Å². The van der Waals surface area contributed by atoms with Crippen LogP contribution in [-0.4, -0.2) is 55.4 Å². The fraction of sp³-hybridized carbons (Fsp3) is 0.417. The summed E-state index contributed by atoms with van der Waals surface area (Å²) < 4.78 is 67.2. The topological polar surface area (TPSA) is 67.9 Å². The van der Waals surface area contributed by atoms with Gasteiger partial charge >= 0.3 is 12.3 Å². The first-order valence-corrected chi connectivity index (χ1v) is 11.3. The summed E-state index contributed by atoms with van der Waals surface area (Å²) in [4.78, 5) is 26.6. The molecule has 0 saturated carbocycles. The Kier molecular flexibility index (Phi) is 6.72. The number of nitrogens with one attached hydrogen (secondary N) is 1. The molecule has 1 spiro atoms. The molecule has 188 valence electrons. The van der Waals surface area contributed by atoms with E-state index in [0.29, 0.717) is 5.56 Å². The molecule has 2 aromatic rings. The van der Waals surface area contributed by atoms with E-state index in [4.69, 9.17) is 21.1 Å². The summed E-state index contributed by atoms with van der Waals surface area (Å²) in [5.74, 6) is -2.07. The lowest BCUT2D eigenvalue weighted by atomic mass is 9.74. The number of piperidine rings is 1. The molecule has 2 aliphatic rings. The molecular formula is C24H23ClF4N2O4. The van der Waals surface area contributed by atoms with E-state index in [1.165, 1.54) is 24.3 Å². The van der Waals surface area contributed by atoms with Gasteiger partial charge in [0.05, 0.1) is 0 Å². The molecule has 35 heavy (non-hydrogen) atoms. The van der Waals surface area contributed by atoms with Crippen molar-refractivity contribution in [1.82, 2.24) is 10.2 Å². The number of alkyl halides is 3. The Hall–Kier alpha value is -2.85. The number of halogens is 5. The van der Waals surface area contributed by atoms with Crippen LogP contribution in [0.3, 0.4) is 0 Å². The second-order valence-electron chi connectivity index (χ2n) is 8.62. The lowest BCUT2D eigenvalue weighted by Crippen LogP contribution is -2.62. The van der Waals surface area contributed by atoms with E-state index in [0.717, 1.165) is 24.1 Å². The van der Waals surface area contributed by atoms with Gasteiger partial charge in [0.2, 0.25) is 0 Å². The first-order valence-electron chi connectivity index (χ1n) is 10.9. The molecule has 0 unspecified atom stereocenters. The molecule has 6 nitrogen and oxygen atoms in total. The monoisotopic (exact) mass is 514 g/mol. The summed E-state index contributed by atoms with van der Waals surface area (Å²) in [6, 6.07) is 10.7. The SMILES string of the molecule is CO[C@@](C(=O)N1CCC2(CC1)OC(=O)NC[C@@H]2c1ccc(F)cc1)(c1cccc(Cl)c1)C(F)(F)F. The molecule has 0 radical (unpaired) electrons. The number of benzene rings is 2. The summed E-state index contributed by atoms with van der Waals surface area (Å²) in [6.07, 6.45) is -5.53. The Balaban J connectivity index is 1.63. The lowest BCUT2D eigenvalue weighted by molar-refractivity contribution is -0.271. The molecule has 4 rings (SSSR count). The number of likely N-dealkylation sites (tertiary alicyclic amines) is 1. The summed E-state index contributed by atoms with van der Waals surface area (Å²) in [7, 11) is 0.830. The molecule has 0 bridgehead atoms. The van der Waals surface area contributed by atoms with E-state index in [1.54, 1.807) is 12.1 Å². The van der Waals surface area contributed by atoms with Crippen molar-refractivity contribution in [3.05, 3.63) is 70.5 Å². The van der Waals surface area contributed by atoms with Crippen LogP contribution >= 0.6 is 11.6 Å². The quantitative estimate of drug-likeness (QED) is 0.597. The van der Waals surface area contributed by atoms with Crippen LogP contribution in [0, 0.1) is 5.82 Å². The van der Waals surface area contributed by atoms with Crippen molar-refractivity contribution < 1.29 is 36.6 Å². The highest BCUT2D eigenvalue weighted by molar-refractivity contribution is 6.30. The minimum atomic E-state index is -5.07. The molecule has 1 N–H and O–H groups in total. The molecule has 2 saturated heterocycles. The van der Waals surface area contributed by atoms with Gasteiger partial charge in [0.15, 0.2) is 0 Å². The van der Waals surface area contributed by atoms with Gasteiger partial charge in [-0.2, -0.15) is 13.2 Å². The summed E-state index contributed by atoms with van der Waals surface area (Å²) in [5.41, 5.74) is -4.01. The van der Waals surface area contributed by atoms with Crippen LogP contribution in [0.25, 0.3) is 0 Å². The zero-order valence-corrected chi connectivity index (χ0v) is 19.5. The molecule has 2 fully saturated rings. The van der Waals surface area contributed by atoms with Crippen molar-refractivity contribution in [3.63, 3.8) is 0 Å². The number of methoxy groups -OCH3 is 1. The van der Waals surface area contributed by atoms with Crippen LogP contribution in [0.2, 0.25) is 5.02 Å². The maximum absolute atomic E-state index is 14.4. The third-order valence-corrected chi connectivity index (χ3v) is 7.02. The van der Waals surface area contributed by atoms with Gasteiger partial charge in [-0.05, 0) is 29.8 Å². The second-order valence-corrected chi connectivity index (χ2v) is 9.06. The lowest BCUT2D eigenvalue weighted by Gasteiger charge is -2.49. The van der Waals surface area contributed by atoms with E-state index in [1.807, 2.05) is 0 Å². The minimum Gasteiger partial charge on any atom is -0.442 e. The molecule has 11 heteroatoms. The maximum Gasteiger partial charge on any atom is 0.430 e. The minimum absolute atomic E-state index is 0.0299. The van der Waals surface area contributed by atoms with Gasteiger partial charge in [-0.1, -0.05) is 35.9 Å². The summed E-state index contributed by atoms with van der Waals surface area (Å²) in [5, 5.41) is 2.64. The highest BCUT2D eigenvalue weighted by Gasteiger charge is 2.64. The van der Waals surface area contributed by atoms with Gasteiger partial charge in [0, 0.05) is 56.1 Å². The number of hydrogen-bond donors (Lipinski definition) is 1. The number of ether oxygens (including phenoxy) is 2. The molecule has 2 amide bonds. The Labute approximate surface area is 204 Å². The van der Waals surface area contributed by atoms with Crippen molar-refractivity contribution in [2.75, 3.05) is 26.7 Å². The van der Waals surface area contributed by atoms with Gasteiger partial charge in [0.1, 0.15) is 11.4 Å². The molecule has 2 aromatic carbocycles. The van der Waals surface area contributed by atoms with E-state index in [-0.39, 0.29) is 43.4 Å². The Morgan fingerprint density at radius 2 is 1.83 bits per heavy atom. The van der Waals surface area contributed by atoms with E-state index in [2.05, 4.69) is 5.32 Å². The number of nitrogens with zero attached hydrogens (tertiary/aromatic N) is 1. The largest absolute Gasteiger partial charge is 0.442 e. The number of alkyl carbamates (subject to hydrolysis) is 1. The smallest absolute Gasteiger partial charge is 0.430 e.